The van der Waals surface area contributed by atoms with Gasteiger partial charge in [-0.3, -0.25) is 52.7 Å². The molecule has 0 bridgehead atoms. The van der Waals surface area contributed by atoms with Crippen molar-refractivity contribution in [2.45, 2.75) is 229 Å². The minimum Gasteiger partial charge on any atom is -0.462 e. The zero-order valence-corrected chi connectivity index (χ0v) is 60.3. The highest BCUT2D eigenvalue weighted by Gasteiger charge is 2.46. The van der Waals surface area contributed by atoms with Crippen LogP contribution in [-0.2, 0) is 71.7 Å². The smallest absolute Gasteiger partial charge is 0.328 e. The molecule has 26 heteroatoms. The molecule has 528 valence electrons. The largest absolute Gasteiger partial charge is 0.462 e. The van der Waals surface area contributed by atoms with E-state index in [1.54, 1.807) is 75.7 Å². The first-order valence-electron chi connectivity index (χ1n) is 32.6. The molecular weight excluding hydrogens is 1190 g/mol. The third-order valence-corrected chi connectivity index (χ3v) is 16.7. The molecule has 5 N–H and O–H groups in total. The fraction of sp³-hybridized carbons (Fsp3) is 0.788. The molecule has 0 saturated carbocycles. The molecule has 0 heterocycles. The van der Waals surface area contributed by atoms with Gasteiger partial charge in [0.05, 0.1) is 12.6 Å². The Morgan fingerprint density at radius 1 is 0.511 bits per heavy atom. The van der Waals surface area contributed by atoms with Crippen LogP contribution in [0.3, 0.4) is 0 Å². The lowest BCUT2D eigenvalue weighted by atomic mass is 9.91. The normalized spacial score (nSPS) is 15.8. The molecule has 0 aliphatic rings. The maximum Gasteiger partial charge on any atom is 0.328 e. The van der Waals surface area contributed by atoms with Crippen molar-refractivity contribution in [3.05, 3.63) is 12.2 Å². The lowest BCUT2D eigenvalue weighted by Crippen LogP contribution is -2.63. The highest BCUT2D eigenvalue weighted by Crippen LogP contribution is 2.26. The molecule has 26 nitrogen and oxygen atoms in total. The molecule has 0 aromatic heterocycles. The molecule has 0 unspecified atom stereocenters. The Morgan fingerprint density at radius 2 is 1.03 bits per heavy atom. The van der Waals surface area contributed by atoms with Crippen LogP contribution in [0.15, 0.2) is 12.2 Å². The van der Waals surface area contributed by atoms with E-state index in [-0.39, 0.29) is 74.3 Å². The third-order valence-electron chi connectivity index (χ3n) is 16.7. The standard InChI is InChI=1S/C66H119N11O15/c1-26-29-31-43(13)56(92-47(17)79)55(60(83)70-48(28-3)66(89)91-35-33-72(19)46(16)78)77(24)65(88)54(41(10)11)76(23)63(86)51(37-39(6)7)75(22)62(85)49(30-27-2)73(20)61(84)45(15)69-57(80)44(14)68-58(81)50(36-38(4)5)74(21)64(87)52(40(8)9)71-59(82)53(67-18)42(12)32-34-90-25/h26,29,38-45,48-56,67H,27-28,30-37H2,1-25H3,(H,68,81)(H,69,80)(H,70,83)(H,71,82)/b29-26+/t42-,43-,44+,45-,48+,49+,50+,51+,52+,53+,54+,55+,56-/m1/s1. The van der Waals surface area contributed by atoms with E-state index >= 15 is 9.59 Å². The van der Waals surface area contributed by atoms with Crippen LogP contribution in [0.2, 0.25) is 0 Å². The van der Waals surface area contributed by atoms with Crippen molar-refractivity contribution in [1.82, 2.24) is 56.0 Å². The van der Waals surface area contributed by atoms with Gasteiger partial charge in [-0.05, 0) is 102 Å². The van der Waals surface area contributed by atoms with Gasteiger partial charge in [0.2, 0.25) is 59.1 Å². The summed E-state index contributed by atoms with van der Waals surface area (Å²) in [7, 11) is 11.9. The van der Waals surface area contributed by atoms with Crippen LogP contribution in [0, 0.1) is 35.5 Å². The van der Waals surface area contributed by atoms with E-state index in [0.29, 0.717) is 25.9 Å². The van der Waals surface area contributed by atoms with Gasteiger partial charge >= 0.3 is 11.9 Å². The van der Waals surface area contributed by atoms with Gasteiger partial charge in [-0.1, -0.05) is 102 Å². The molecule has 0 fully saturated rings. The number of hydrogen-bond acceptors (Lipinski definition) is 16. The van der Waals surface area contributed by atoms with Crippen molar-refractivity contribution in [3.8, 4) is 0 Å². The molecule has 0 radical (unpaired) electrons. The van der Waals surface area contributed by atoms with E-state index in [1.165, 1.54) is 87.4 Å². The minimum absolute atomic E-state index is 0.0713. The van der Waals surface area contributed by atoms with E-state index in [0.717, 1.165) is 4.90 Å². The van der Waals surface area contributed by atoms with Gasteiger partial charge in [0.1, 0.15) is 67.1 Å². The number of methoxy groups -OCH3 is 1. The maximum atomic E-state index is 15.2. The Labute approximate surface area is 549 Å². The van der Waals surface area contributed by atoms with Gasteiger partial charge in [0.25, 0.3) is 0 Å². The number of hydrogen-bond donors (Lipinski definition) is 5. The summed E-state index contributed by atoms with van der Waals surface area (Å²) >= 11 is 0. The van der Waals surface area contributed by atoms with Crippen molar-refractivity contribution in [2.75, 3.05) is 76.2 Å². The number of likely N-dealkylation sites (N-methyl/N-ethyl adjacent to an activating group) is 7. The van der Waals surface area contributed by atoms with Crippen molar-refractivity contribution in [1.29, 1.82) is 0 Å². The molecule has 0 aromatic rings. The summed E-state index contributed by atoms with van der Waals surface area (Å²) in [5, 5.41) is 14.0. The summed E-state index contributed by atoms with van der Waals surface area (Å²) in [4.78, 5) is 176. The van der Waals surface area contributed by atoms with E-state index in [4.69, 9.17) is 14.2 Å². The number of esters is 2. The molecule has 0 aliphatic carbocycles. The van der Waals surface area contributed by atoms with E-state index in [2.05, 4.69) is 26.6 Å². The average molecular weight is 1310 g/mol. The molecule has 0 spiro atoms. The molecule has 0 rings (SSSR count). The number of allylic oxidation sites excluding steroid dienone is 2. The second-order valence-electron chi connectivity index (χ2n) is 26.1. The van der Waals surface area contributed by atoms with Crippen molar-refractivity contribution in [3.63, 3.8) is 0 Å². The van der Waals surface area contributed by atoms with Crippen LogP contribution in [0.4, 0.5) is 0 Å². The predicted octanol–water partition coefficient (Wildman–Crippen LogP) is 3.53. The first kappa shape index (κ1) is 85.3. The SMILES string of the molecule is C/C=C/C[C@@H](C)[C@@H](OC(C)=O)[C@@H](C(=O)N[C@@H](CC)C(=O)OCCN(C)C(C)=O)N(C)C(=O)[C@H](C(C)C)N(C)C(=O)[C@H](CC(C)C)N(C)C(=O)[C@H](CCC)N(C)C(=O)[C@@H](C)NC(=O)[C@H](C)NC(=O)[C@H](CC(C)C)N(C)C(=O)[C@@H](NC(=O)[C@@H](NC)[C@H](C)CCOC)C(C)C. The van der Waals surface area contributed by atoms with E-state index < -0.39 is 138 Å². The summed E-state index contributed by atoms with van der Waals surface area (Å²) in [5.74, 6) is -9.37. The van der Waals surface area contributed by atoms with Gasteiger partial charge in [0, 0.05) is 69.9 Å². The molecule has 0 aliphatic heterocycles. The predicted molar refractivity (Wildman–Crippen MR) is 353 cm³/mol. The van der Waals surface area contributed by atoms with Gasteiger partial charge in [-0.25, -0.2) is 4.79 Å². The maximum absolute atomic E-state index is 15.2. The minimum atomic E-state index is -1.55. The second-order valence-corrected chi connectivity index (χ2v) is 26.1. The first-order valence-corrected chi connectivity index (χ1v) is 32.6. The van der Waals surface area contributed by atoms with E-state index in [1.807, 2.05) is 47.6 Å². The van der Waals surface area contributed by atoms with Crippen molar-refractivity contribution < 1.29 is 71.7 Å². The third kappa shape index (κ3) is 26.4. The van der Waals surface area contributed by atoms with Crippen LogP contribution >= 0.6 is 0 Å². The summed E-state index contributed by atoms with van der Waals surface area (Å²) in [6, 6.07) is -11.5. The zero-order chi connectivity index (χ0) is 71.3. The summed E-state index contributed by atoms with van der Waals surface area (Å²) in [6.45, 7) is 29.2. The zero-order valence-electron chi connectivity index (χ0n) is 60.3. The van der Waals surface area contributed by atoms with Gasteiger partial charge in [-0.2, -0.15) is 0 Å². The van der Waals surface area contributed by atoms with Crippen LogP contribution < -0.4 is 26.6 Å². The fourth-order valence-electron chi connectivity index (χ4n) is 10.9. The summed E-state index contributed by atoms with van der Waals surface area (Å²) in [5.41, 5.74) is 0. The van der Waals surface area contributed by atoms with Gasteiger partial charge in [-0.15, -0.1) is 0 Å². The Kier molecular flexibility index (Phi) is 38.8. The molecule has 0 aromatic carbocycles. The first-order chi connectivity index (χ1) is 42.8. The fourth-order valence-corrected chi connectivity index (χ4v) is 10.9. The quantitative estimate of drug-likeness (QED) is 0.0432. The number of rotatable bonds is 41. The second kappa shape index (κ2) is 41.8. The molecule has 13 atom stereocenters. The van der Waals surface area contributed by atoms with Crippen molar-refractivity contribution >= 4 is 71.0 Å². The lowest BCUT2D eigenvalue weighted by Gasteiger charge is -2.42. The number of carbonyl (C=O) groups is 12. The van der Waals surface area contributed by atoms with Gasteiger partial charge in [0.15, 0.2) is 0 Å². The number of amides is 10. The number of ether oxygens (including phenoxy) is 3. The van der Waals surface area contributed by atoms with Crippen LogP contribution in [0.25, 0.3) is 0 Å². The van der Waals surface area contributed by atoms with Crippen LogP contribution in [0.1, 0.15) is 163 Å². The molecule has 0 saturated heterocycles. The Hall–Kier alpha value is -6.70. The highest BCUT2D eigenvalue weighted by molar-refractivity contribution is 5.98. The van der Waals surface area contributed by atoms with Crippen molar-refractivity contribution in [2.24, 2.45) is 35.5 Å². The Balaban J connectivity index is 7.03. The number of nitrogens with one attached hydrogen (secondary N) is 5. The van der Waals surface area contributed by atoms with E-state index in [9.17, 15) is 47.9 Å². The number of nitrogens with zero attached hydrogens (tertiary/aromatic N) is 6. The molecule has 10 amide bonds. The molecular formula is C66H119N11O15. The Morgan fingerprint density at radius 3 is 1.51 bits per heavy atom. The lowest BCUT2D eigenvalue weighted by molar-refractivity contribution is -0.164. The monoisotopic (exact) mass is 1310 g/mol. The summed E-state index contributed by atoms with van der Waals surface area (Å²) in [6.07, 6.45) is 4.23. The topological polar surface area (TPSA) is 312 Å². The van der Waals surface area contributed by atoms with Crippen LogP contribution in [-0.4, -0.2) is 243 Å². The highest BCUT2D eigenvalue weighted by atomic mass is 16.5. The summed E-state index contributed by atoms with van der Waals surface area (Å²) < 4.78 is 16.5. The van der Waals surface area contributed by atoms with Gasteiger partial charge < -0.3 is 70.2 Å². The average Bonchev–Trinajstić information content (AvgIpc) is 0.829. The number of carbonyl (C=O) groups excluding carboxylic acids is 12. The Bertz CT molecular complexity index is 2460. The van der Waals surface area contributed by atoms with Crippen LogP contribution in [0.5, 0.6) is 0 Å². The molecule has 92 heavy (non-hydrogen) atoms.